The van der Waals surface area contributed by atoms with Crippen molar-refractivity contribution in [2.24, 2.45) is 20.5 Å². The molecule has 5 aromatic carbocycles. The molecule has 0 spiro atoms. The molecule has 0 aromatic heterocycles. The second-order valence-electron chi connectivity index (χ2n) is 9.23. The summed E-state index contributed by atoms with van der Waals surface area (Å²) in [5.74, 6) is -0.230. The van der Waals surface area contributed by atoms with E-state index in [0.717, 1.165) is 24.3 Å². The number of anilines is 2. The fourth-order valence-electron chi connectivity index (χ4n) is 4.24. The fraction of sp³-hybridized carbons (Fsp3) is 0.0357. The SMILES string of the molecule is CC(=O)Nc1ccc(N=Nc2ccc(N=Nc3ccc(N)c4ccc(S(=O)(=O)[O-])cc34)c3ccc(S(=O)(=O)[O-])cc23)cc1.[Na+].[Na+]. The number of nitrogen functional groups attached to an aromatic ring is 1. The van der Waals surface area contributed by atoms with E-state index in [2.05, 4.69) is 25.8 Å². The molecule has 218 valence electrons. The normalized spacial score (nSPS) is 11.9. The van der Waals surface area contributed by atoms with Gasteiger partial charge in [-0.3, -0.25) is 4.79 Å². The summed E-state index contributed by atoms with van der Waals surface area (Å²) < 4.78 is 70.1. The van der Waals surface area contributed by atoms with E-state index < -0.39 is 30.0 Å². The van der Waals surface area contributed by atoms with Gasteiger partial charge in [0.2, 0.25) is 5.91 Å². The van der Waals surface area contributed by atoms with Crippen LogP contribution in [0.2, 0.25) is 0 Å². The van der Waals surface area contributed by atoms with Crippen molar-refractivity contribution in [2.45, 2.75) is 16.7 Å². The second kappa shape index (κ2) is 14.6. The molecule has 0 aliphatic rings. The van der Waals surface area contributed by atoms with Crippen LogP contribution in [0.15, 0.2) is 115 Å². The van der Waals surface area contributed by atoms with Crippen molar-refractivity contribution >= 4 is 81.8 Å². The van der Waals surface area contributed by atoms with Crippen molar-refractivity contribution in [1.82, 2.24) is 0 Å². The maximum absolute atomic E-state index is 11.8. The number of benzene rings is 5. The van der Waals surface area contributed by atoms with Crippen molar-refractivity contribution in [3.8, 4) is 0 Å². The molecule has 0 radical (unpaired) electrons. The molecule has 0 aliphatic carbocycles. The Balaban J connectivity index is 0.00000276. The average Bonchev–Trinajstić information content (AvgIpc) is 2.95. The molecule has 5 aromatic rings. The van der Waals surface area contributed by atoms with E-state index in [0.29, 0.717) is 27.8 Å². The molecule has 0 fully saturated rings. The summed E-state index contributed by atoms with van der Waals surface area (Å²) in [6, 6.07) is 20.0. The average molecular weight is 663 g/mol. The van der Waals surface area contributed by atoms with E-state index in [-0.39, 0.29) is 92.9 Å². The van der Waals surface area contributed by atoms with E-state index in [1.54, 1.807) is 36.4 Å². The minimum atomic E-state index is -4.80. The Labute approximate surface area is 302 Å². The zero-order chi connectivity index (χ0) is 30.9. The number of fused-ring (bicyclic) bond motifs is 2. The molecular weight excluding hydrogens is 642 g/mol. The molecular formula is C28H20N6Na2O7S2. The summed E-state index contributed by atoms with van der Waals surface area (Å²) >= 11 is 0. The topological polar surface area (TPSA) is 219 Å². The van der Waals surface area contributed by atoms with Crippen molar-refractivity contribution in [3.63, 3.8) is 0 Å². The van der Waals surface area contributed by atoms with Gasteiger partial charge >= 0.3 is 59.1 Å². The summed E-state index contributed by atoms with van der Waals surface area (Å²) in [7, 11) is -9.55. The number of hydrogen-bond acceptors (Lipinski definition) is 12. The summed E-state index contributed by atoms with van der Waals surface area (Å²) in [6.07, 6.45) is 0. The molecule has 0 saturated carbocycles. The number of nitrogens with two attached hydrogens (primary N) is 1. The molecule has 0 saturated heterocycles. The molecule has 3 N–H and O–H groups in total. The largest absolute Gasteiger partial charge is 1.00 e. The van der Waals surface area contributed by atoms with Crippen molar-refractivity contribution < 1.29 is 89.9 Å². The number of azo groups is 2. The number of hydrogen-bond donors (Lipinski definition) is 2. The van der Waals surface area contributed by atoms with Gasteiger partial charge in [0.25, 0.3) is 0 Å². The number of nitrogens with zero attached hydrogens (tertiary/aromatic N) is 4. The Morgan fingerprint density at radius 3 is 1.58 bits per heavy atom. The predicted molar refractivity (Wildman–Crippen MR) is 157 cm³/mol. The van der Waals surface area contributed by atoms with Gasteiger partial charge in [-0.25, -0.2) is 16.8 Å². The van der Waals surface area contributed by atoms with E-state index in [4.69, 9.17) is 5.73 Å². The van der Waals surface area contributed by atoms with Crippen LogP contribution < -0.4 is 70.2 Å². The monoisotopic (exact) mass is 662 g/mol. The first kappa shape index (κ1) is 36.4. The molecule has 13 nitrogen and oxygen atoms in total. The van der Waals surface area contributed by atoms with Crippen LogP contribution in [0.25, 0.3) is 21.5 Å². The Hall–Kier alpha value is -3.09. The molecule has 0 unspecified atom stereocenters. The van der Waals surface area contributed by atoms with Crippen molar-refractivity contribution in [1.29, 1.82) is 0 Å². The first-order valence-corrected chi connectivity index (χ1v) is 15.1. The third kappa shape index (κ3) is 8.59. The van der Waals surface area contributed by atoms with Crippen LogP contribution in [0.1, 0.15) is 6.92 Å². The molecule has 1 amide bonds. The van der Waals surface area contributed by atoms with Gasteiger partial charge in [0.05, 0.1) is 32.5 Å². The number of nitrogens with one attached hydrogen (secondary N) is 1. The van der Waals surface area contributed by atoms with Crippen LogP contribution >= 0.6 is 0 Å². The van der Waals surface area contributed by atoms with E-state index in [9.17, 15) is 30.7 Å². The van der Waals surface area contributed by atoms with Crippen LogP contribution in [-0.4, -0.2) is 31.8 Å². The number of amides is 1. The summed E-state index contributed by atoms with van der Waals surface area (Å²) in [4.78, 5) is 10.3. The van der Waals surface area contributed by atoms with Gasteiger partial charge in [0.15, 0.2) is 0 Å². The van der Waals surface area contributed by atoms with Gasteiger partial charge < -0.3 is 20.2 Å². The Morgan fingerprint density at radius 1 is 0.622 bits per heavy atom. The maximum atomic E-state index is 11.8. The molecule has 0 atom stereocenters. The zero-order valence-electron chi connectivity index (χ0n) is 24.1. The van der Waals surface area contributed by atoms with Crippen LogP contribution in [0.4, 0.5) is 34.1 Å². The smallest absolute Gasteiger partial charge is 0.744 e. The predicted octanol–water partition coefficient (Wildman–Crippen LogP) is 0.181. The molecule has 5 rings (SSSR count). The summed E-state index contributed by atoms with van der Waals surface area (Å²) in [6.45, 7) is 1.38. The van der Waals surface area contributed by atoms with Crippen molar-refractivity contribution in [3.05, 3.63) is 84.9 Å². The Bertz CT molecular complexity index is 2210. The van der Waals surface area contributed by atoms with E-state index in [1.807, 2.05) is 0 Å². The molecule has 45 heavy (non-hydrogen) atoms. The Morgan fingerprint density at radius 2 is 1.07 bits per heavy atom. The van der Waals surface area contributed by atoms with Crippen LogP contribution in [0.5, 0.6) is 0 Å². The number of carbonyl (C=O) groups is 1. The number of carbonyl (C=O) groups excluding carboxylic acids is 1. The van der Waals surface area contributed by atoms with Gasteiger partial charge in [-0.05, 0) is 72.8 Å². The first-order valence-electron chi connectivity index (χ1n) is 12.3. The number of rotatable bonds is 7. The summed E-state index contributed by atoms with van der Waals surface area (Å²) in [5, 5.41) is 20.9. The minimum Gasteiger partial charge on any atom is -0.744 e. The first-order chi connectivity index (χ1) is 20.3. The minimum absolute atomic E-state index is 0. The zero-order valence-corrected chi connectivity index (χ0v) is 29.8. The molecule has 17 heteroatoms. The maximum Gasteiger partial charge on any atom is 1.00 e. The van der Waals surface area contributed by atoms with Crippen LogP contribution in [0.3, 0.4) is 0 Å². The Kier molecular flexibility index (Phi) is 11.8. The standard InChI is InChI=1S/C28H22N6O7S2.2Na/c1-16(35)30-17-2-4-18(5-3-17)31-32-28-13-12-26(22-9-7-20(15-24(22)28)43(39,40)41)33-34-27-11-10-25(29)21-8-6-19(14-23(21)27)42(36,37)38;;/h2-15H,29H2,1H3,(H,30,35)(H,36,37,38)(H,39,40,41);;/q;2*+1/p-2. The van der Waals surface area contributed by atoms with Gasteiger partial charge in [0, 0.05) is 39.8 Å². The molecule has 0 heterocycles. The third-order valence-electron chi connectivity index (χ3n) is 6.24. The van der Waals surface area contributed by atoms with Crippen LogP contribution in [-0.2, 0) is 25.0 Å². The van der Waals surface area contributed by atoms with E-state index in [1.165, 1.54) is 31.2 Å². The fourth-order valence-corrected chi connectivity index (χ4v) is 5.23. The van der Waals surface area contributed by atoms with Crippen molar-refractivity contribution in [2.75, 3.05) is 11.1 Å². The van der Waals surface area contributed by atoms with Crippen LogP contribution in [0, 0.1) is 0 Å². The van der Waals surface area contributed by atoms with Gasteiger partial charge in [-0.15, -0.1) is 15.3 Å². The summed E-state index contributed by atoms with van der Waals surface area (Å²) in [5.41, 5.74) is 8.07. The molecule has 0 bridgehead atoms. The van der Waals surface area contributed by atoms with Gasteiger partial charge in [0.1, 0.15) is 20.2 Å². The van der Waals surface area contributed by atoms with Gasteiger partial charge in [-0.1, -0.05) is 12.1 Å². The second-order valence-corrected chi connectivity index (χ2v) is 12.0. The quantitative estimate of drug-likeness (QED) is 0.106. The van der Waals surface area contributed by atoms with E-state index >= 15 is 0 Å². The third-order valence-corrected chi connectivity index (χ3v) is 7.91. The molecule has 0 aliphatic heterocycles. The van der Waals surface area contributed by atoms with Gasteiger partial charge in [-0.2, -0.15) is 5.11 Å².